The molecule has 112 valence electrons. The summed E-state index contributed by atoms with van der Waals surface area (Å²) in [4.78, 5) is 16.7. The third kappa shape index (κ3) is 3.42. The number of rotatable bonds is 6. The molecule has 0 atom stereocenters. The molecule has 2 aromatic heterocycles. The summed E-state index contributed by atoms with van der Waals surface area (Å²) >= 11 is 0. The van der Waals surface area contributed by atoms with Crippen molar-refractivity contribution in [2.75, 3.05) is 11.3 Å². The summed E-state index contributed by atoms with van der Waals surface area (Å²) in [6.45, 7) is 2.05. The number of sulfonamides is 1. The Kier molecular flexibility index (Phi) is 3.98. The number of ether oxygens (including phenoxy) is 1. The Hall–Kier alpha value is -2.76. The molecule has 2 aromatic rings. The molecule has 11 nitrogen and oxygen atoms in total. The molecule has 12 heteroatoms. The van der Waals surface area contributed by atoms with E-state index in [-0.39, 0.29) is 16.9 Å². The van der Waals surface area contributed by atoms with Gasteiger partial charge in [-0.1, -0.05) is 0 Å². The molecular formula is C9H10N6O5S. The number of pyridine rings is 1. The largest absolute Gasteiger partial charge is 0.463 e. The van der Waals surface area contributed by atoms with E-state index in [9.17, 15) is 18.5 Å². The molecule has 0 amide bonds. The summed E-state index contributed by atoms with van der Waals surface area (Å²) in [6, 6.07) is 2.05. The second-order valence-electron chi connectivity index (χ2n) is 3.61. The van der Waals surface area contributed by atoms with Gasteiger partial charge in [-0.15, -0.1) is 5.10 Å². The highest BCUT2D eigenvalue weighted by atomic mass is 32.2. The van der Waals surface area contributed by atoms with Gasteiger partial charge < -0.3 is 14.9 Å². The van der Waals surface area contributed by atoms with E-state index in [1.54, 1.807) is 6.92 Å². The number of hydrogen-bond acceptors (Lipinski definition) is 8. The number of nitrogens with zero attached hydrogens (tertiary/aromatic N) is 4. The normalized spacial score (nSPS) is 11.1. The average Bonchev–Trinajstić information content (AvgIpc) is 2.86. The quantitative estimate of drug-likeness (QED) is 0.570. The van der Waals surface area contributed by atoms with Crippen LogP contribution in [0.4, 0.5) is 11.8 Å². The predicted octanol–water partition coefficient (Wildman–Crippen LogP) is 0.307. The van der Waals surface area contributed by atoms with Crippen LogP contribution in [-0.2, 0) is 10.0 Å². The van der Waals surface area contributed by atoms with Crippen LogP contribution in [0.5, 0.6) is 6.01 Å². The van der Waals surface area contributed by atoms with Crippen molar-refractivity contribution < 1.29 is 18.1 Å². The molecule has 0 fully saturated rings. The first-order chi connectivity index (χ1) is 9.92. The zero-order valence-corrected chi connectivity index (χ0v) is 11.5. The molecule has 0 saturated heterocycles. The molecule has 0 radical (unpaired) electrons. The van der Waals surface area contributed by atoms with Gasteiger partial charge in [0.25, 0.3) is 10.0 Å². The van der Waals surface area contributed by atoms with E-state index in [0.717, 1.165) is 18.3 Å². The van der Waals surface area contributed by atoms with Crippen molar-refractivity contribution in [2.45, 2.75) is 11.8 Å². The maximum atomic E-state index is 12.0. The molecular weight excluding hydrogens is 304 g/mol. The number of H-pyrrole nitrogens is 1. The monoisotopic (exact) mass is 314 g/mol. The highest BCUT2D eigenvalue weighted by molar-refractivity contribution is 7.92. The summed E-state index contributed by atoms with van der Waals surface area (Å²) in [5, 5.41) is 16.4. The maximum absolute atomic E-state index is 12.0. The summed E-state index contributed by atoms with van der Waals surface area (Å²) in [5.41, 5.74) is 0. The van der Waals surface area contributed by atoms with Gasteiger partial charge >= 0.3 is 11.8 Å². The van der Waals surface area contributed by atoms with Crippen LogP contribution in [-0.4, -0.2) is 40.1 Å². The number of nitro groups is 1. The van der Waals surface area contributed by atoms with E-state index in [1.165, 1.54) is 0 Å². The van der Waals surface area contributed by atoms with E-state index < -0.39 is 20.8 Å². The van der Waals surface area contributed by atoms with Crippen molar-refractivity contribution in [1.82, 2.24) is 20.2 Å². The molecule has 2 heterocycles. The summed E-state index contributed by atoms with van der Waals surface area (Å²) < 4.78 is 31.1. The Morgan fingerprint density at radius 1 is 1.48 bits per heavy atom. The third-order valence-corrected chi connectivity index (χ3v) is 3.51. The minimum absolute atomic E-state index is 0.00276. The van der Waals surface area contributed by atoms with Gasteiger partial charge in [0.2, 0.25) is 5.95 Å². The van der Waals surface area contributed by atoms with Crippen molar-refractivity contribution >= 4 is 21.8 Å². The van der Waals surface area contributed by atoms with E-state index >= 15 is 0 Å². The molecule has 0 saturated carbocycles. The maximum Gasteiger partial charge on any atom is 0.363 e. The molecule has 21 heavy (non-hydrogen) atoms. The van der Waals surface area contributed by atoms with E-state index in [4.69, 9.17) is 4.74 Å². The van der Waals surface area contributed by atoms with E-state index in [0.29, 0.717) is 6.61 Å². The Morgan fingerprint density at radius 3 is 2.81 bits per heavy atom. The molecule has 0 unspecified atom stereocenters. The molecule has 0 aliphatic rings. The number of aromatic nitrogens is 4. The minimum Gasteiger partial charge on any atom is -0.463 e. The smallest absolute Gasteiger partial charge is 0.363 e. The van der Waals surface area contributed by atoms with E-state index in [1.807, 2.05) is 0 Å². The highest BCUT2D eigenvalue weighted by Crippen LogP contribution is 2.15. The minimum atomic E-state index is -3.98. The van der Waals surface area contributed by atoms with Gasteiger partial charge in [0.1, 0.15) is 4.90 Å². The van der Waals surface area contributed by atoms with Crippen LogP contribution in [0.15, 0.2) is 23.2 Å². The van der Waals surface area contributed by atoms with Crippen molar-refractivity contribution in [3.05, 3.63) is 28.4 Å². The lowest BCUT2D eigenvalue weighted by atomic mass is 10.5. The Balaban J connectivity index is 2.18. The second kappa shape index (κ2) is 5.70. The second-order valence-corrected chi connectivity index (χ2v) is 5.30. The fourth-order valence-corrected chi connectivity index (χ4v) is 2.21. The van der Waals surface area contributed by atoms with Crippen LogP contribution in [0.2, 0.25) is 0 Å². The first kappa shape index (κ1) is 14.6. The molecule has 0 aromatic carbocycles. The Morgan fingerprint density at radius 2 is 2.24 bits per heavy atom. The van der Waals surface area contributed by atoms with Crippen LogP contribution >= 0.6 is 0 Å². The summed E-state index contributed by atoms with van der Waals surface area (Å²) in [6.07, 6.45) is 0.875. The van der Waals surface area contributed by atoms with Crippen LogP contribution in [0.3, 0.4) is 0 Å². The van der Waals surface area contributed by atoms with Crippen LogP contribution in [0.25, 0.3) is 0 Å². The molecule has 2 rings (SSSR count). The van der Waals surface area contributed by atoms with Crippen molar-refractivity contribution in [1.29, 1.82) is 0 Å². The van der Waals surface area contributed by atoms with Crippen molar-refractivity contribution in [3.8, 4) is 6.01 Å². The van der Waals surface area contributed by atoms with Gasteiger partial charge in [0, 0.05) is 6.07 Å². The lowest BCUT2D eigenvalue weighted by molar-refractivity contribution is -0.389. The standard InChI is InChI=1S/C9H10N6O5S/c1-2-20-9-11-8(12-13-9)14-21(18,19)6-3-4-7(10-5-6)15(16)17/h3-5H,2H2,1H3,(H2,11,12,13,14). The molecule has 0 aliphatic heterocycles. The first-order valence-electron chi connectivity index (χ1n) is 5.61. The molecule has 0 spiro atoms. The third-order valence-electron chi connectivity index (χ3n) is 2.19. The topological polar surface area (TPSA) is 153 Å². The predicted molar refractivity (Wildman–Crippen MR) is 69.3 cm³/mol. The number of aromatic amines is 1. The average molecular weight is 314 g/mol. The summed E-state index contributed by atoms with van der Waals surface area (Å²) in [7, 11) is -3.98. The lowest BCUT2D eigenvalue weighted by Gasteiger charge is -2.02. The fourth-order valence-electron chi connectivity index (χ4n) is 1.31. The number of hydrogen-bond donors (Lipinski definition) is 2. The molecule has 0 aliphatic carbocycles. The lowest BCUT2D eigenvalue weighted by Crippen LogP contribution is -2.14. The number of nitrogens with one attached hydrogen (secondary N) is 2. The number of anilines is 1. The zero-order chi connectivity index (χ0) is 15.5. The van der Waals surface area contributed by atoms with Gasteiger partial charge in [0.05, 0.1) is 6.61 Å². The van der Waals surface area contributed by atoms with Crippen LogP contribution in [0.1, 0.15) is 6.92 Å². The van der Waals surface area contributed by atoms with Crippen LogP contribution in [0, 0.1) is 10.1 Å². The van der Waals surface area contributed by atoms with E-state index in [2.05, 4.69) is 24.9 Å². The van der Waals surface area contributed by atoms with Gasteiger partial charge in [-0.25, -0.2) is 18.2 Å². The van der Waals surface area contributed by atoms with Gasteiger partial charge in [-0.05, 0) is 22.9 Å². The Labute approximate surface area is 118 Å². The Bertz CT molecular complexity index is 740. The van der Waals surface area contributed by atoms with Gasteiger partial charge in [-0.3, -0.25) is 0 Å². The fraction of sp³-hybridized carbons (Fsp3) is 0.222. The van der Waals surface area contributed by atoms with Gasteiger partial charge in [0.15, 0.2) is 6.20 Å². The SMILES string of the molecule is CCOc1n[nH]c(NS(=O)(=O)c2ccc([N+](=O)[O-])nc2)n1. The molecule has 2 N–H and O–H groups in total. The zero-order valence-electron chi connectivity index (χ0n) is 10.7. The van der Waals surface area contributed by atoms with Crippen molar-refractivity contribution in [2.24, 2.45) is 0 Å². The summed E-state index contributed by atoms with van der Waals surface area (Å²) in [5.74, 6) is -0.593. The highest BCUT2D eigenvalue weighted by Gasteiger charge is 2.20. The first-order valence-corrected chi connectivity index (χ1v) is 7.09. The van der Waals surface area contributed by atoms with Crippen molar-refractivity contribution in [3.63, 3.8) is 0 Å². The molecule has 0 bridgehead atoms. The van der Waals surface area contributed by atoms with Gasteiger partial charge in [-0.2, -0.15) is 4.98 Å². The van der Waals surface area contributed by atoms with Crippen LogP contribution < -0.4 is 9.46 Å².